The maximum atomic E-state index is 11.1. The number of hydrogen-bond acceptors (Lipinski definition) is 2. The van der Waals surface area contributed by atoms with Gasteiger partial charge in [-0.2, -0.15) is 0 Å². The number of carbonyl (C=O) groups excluding carboxylic acids is 2. The standard InChI is InChI=1S/C9H8Cl2N2O2/c1-5(10)9(15)12-6-3-7(8(11)14)13(2)4-6/h3-4H,1H2,2H3,(H,12,15). The Morgan fingerprint density at radius 1 is 1.47 bits per heavy atom. The van der Waals surface area contributed by atoms with E-state index in [2.05, 4.69) is 11.9 Å². The third-order valence-corrected chi connectivity index (χ3v) is 2.08. The predicted molar refractivity (Wildman–Crippen MR) is 59.2 cm³/mol. The van der Waals surface area contributed by atoms with Crippen LogP contribution in [0.25, 0.3) is 0 Å². The van der Waals surface area contributed by atoms with Crippen LogP contribution in [0.3, 0.4) is 0 Å². The molecule has 1 aromatic rings. The van der Waals surface area contributed by atoms with Crippen molar-refractivity contribution in [3.05, 3.63) is 29.6 Å². The summed E-state index contributed by atoms with van der Waals surface area (Å²) in [5.74, 6) is -0.518. The van der Waals surface area contributed by atoms with E-state index in [0.29, 0.717) is 5.69 Å². The van der Waals surface area contributed by atoms with E-state index in [1.165, 1.54) is 10.6 Å². The highest BCUT2D eigenvalue weighted by Crippen LogP contribution is 2.15. The van der Waals surface area contributed by atoms with Crippen molar-refractivity contribution in [3.8, 4) is 0 Å². The molecule has 0 aliphatic carbocycles. The molecule has 0 saturated heterocycles. The van der Waals surface area contributed by atoms with E-state index in [0.717, 1.165) is 0 Å². The monoisotopic (exact) mass is 246 g/mol. The van der Waals surface area contributed by atoms with Gasteiger partial charge in [0.05, 0.1) is 10.7 Å². The van der Waals surface area contributed by atoms with E-state index < -0.39 is 11.1 Å². The number of aromatic nitrogens is 1. The topological polar surface area (TPSA) is 51.1 Å². The molecule has 0 radical (unpaired) electrons. The molecule has 1 heterocycles. The molecule has 0 aromatic carbocycles. The molecule has 0 atom stereocenters. The summed E-state index contributed by atoms with van der Waals surface area (Å²) in [4.78, 5) is 22.0. The van der Waals surface area contributed by atoms with E-state index in [4.69, 9.17) is 23.2 Å². The van der Waals surface area contributed by atoms with E-state index in [1.54, 1.807) is 13.2 Å². The van der Waals surface area contributed by atoms with Crippen molar-refractivity contribution in [2.24, 2.45) is 7.05 Å². The lowest BCUT2D eigenvalue weighted by atomic mass is 10.4. The molecule has 0 saturated carbocycles. The minimum absolute atomic E-state index is 0.127. The molecule has 6 heteroatoms. The summed E-state index contributed by atoms with van der Waals surface area (Å²) in [6, 6.07) is 1.45. The molecule has 0 fully saturated rings. The normalized spacial score (nSPS) is 9.80. The third-order valence-electron chi connectivity index (χ3n) is 1.71. The Labute approximate surface area is 96.5 Å². The first-order valence-electron chi connectivity index (χ1n) is 3.93. The van der Waals surface area contributed by atoms with Crippen LogP contribution in [0.1, 0.15) is 10.5 Å². The molecular weight excluding hydrogens is 239 g/mol. The number of aryl methyl sites for hydroxylation is 1. The van der Waals surface area contributed by atoms with Crippen LogP contribution in [-0.2, 0) is 11.8 Å². The maximum absolute atomic E-state index is 11.1. The van der Waals surface area contributed by atoms with E-state index in [1.807, 2.05) is 0 Å². The minimum atomic E-state index is -0.595. The second-order valence-corrected chi connectivity index (χ2v) is 3.66. The average molecular weight is 247 g/mol. The Bertz CT molecular complexity index is 437. The first-order chi connectivity index (χ1) is 6.91. The highest BCUT2D eigenvalue weighted by molar-refractivity contribution is 6.67. The Morgan fingerprint density at radius 2 is 2.07 bits per heavy atom. The molecule has 80 valence electrons. The number of rotatable bonds is 3. The predicted octanol–water partition coefficient (Wildman–Crippen LogP) is 2.10. The molecule has 0 spiro atoms. The quantitative estimate of drug-likeness (QED) is 0.656. The first kappa shape index (κ1) is 11.8. The fourth-order valence-electron chi connectivity index (χ4n) is 1.03. The van der Waals surface area contributed by atoms with Crippen LogP contribution in [0.15, 0.2) is 23.9 Å². The van der Waals surface area contributed by atoms with Gasteiger partial charge in [0.1, 0.15) is 5.69 Å². The van der Waals surface area contributed by atoms with E-state index in [-0.39, 0.29) is 10.7 Å². The second kappa shape index (κ2) is 4.51. The summed E-state index contributed by atoms with van der Waals surface area (Å²) < 4.78 is 1.50. The van der Waals surface area contributed by atoms with Gasteiger partial charge < -0.3 is 9.88 Å². The van der Waals surface area contributed by atoms with Gasteiger partial charge in [-0.25, -0.2) is 0 Å². The van der Waals surface area contributed by atoms with Crippen LogP contribution in [0.2, 0.25) is 0 Å². The highest BCUT2D eigenvalue weighted by Gasteiger charge is 2.11. The molecule has 1 aromatic heterocycles. The second-order valence-electron chi connectivity index (χ2n) is 2.86. The van der Waals surface area contributed by atoms with Crippen LogP contribution in [-0.4, -0.2) is 15.7 Å². The Morgan fingerprint density at radius 3 is 2.47 bits per heavy atom. The van der Waals surface area contributed by atoms with E-state index in [9.17, 15) is 9.59 Å². The molecule has 4 nitrogen and oxygen atoms in total. The van der Waals surface area contributed by atoms with Gasteiger partial charge in [-0.1, -0.05) is 18.2 Å². The van der Waals surface area contributed by atoms with Gasteiger partial charge in [0.2, 0.25) is 0 Å². The van der Waals surface area contributed by atoms with Gasteiger partial charge >= 0.3 is 0 Å². The Balaban J connectivity index is 2.89. The summed E-state index contributed by atoms with van der Waals surface area (Å²) in [6.07, 6.45) is 1.55. The summed E-state index contributed by atoms with van der Waals surface area (Å²) in [5.41, 5.74) is 0.723. The van der Waals surface area contributed by atoms with Gasteiger partial charge in [0.25, 0.3) is 11.1 Å². The SMILES string of the molecule is C=C(Cl)C(=O)Nc1cc(C(=O)Cl)n(C)c1. The zero-order valence-corrected chi connectivity index (χ0v) is 9.39. The fourth-order valence-corrected chi connectivity index (χ4v) is 1.26. The van der Waals surface area contributed by atoms with Gasteiger partial charge in [0, 0.05) is 13.2 Å². The first-order valence-corrected chi connectivity index (χ1v) is 4.69. The largest absolute Gasteiger partial charge is 0.345 e. The zero-order chi connectivity index (χ0) is 11.6. The van der Waals surface area contributed by atoms with Crippen LogP contribution < -0.4 is 5.32 Å². The molecule has 0 bridgehead atoms. The molecule has 0 unspecified atom stereocenters. The summed E-state index contributed by atoms with van der Waals surface area (Å²) in [7, 11) is 1.64. The molecule has 0 aliphatic heterocycles. The number of nitrogens with zero attached hydrogens (tertiary/aromatic N) is 1. The molecule has 15 heavy (non-hydrogen) atoms. The lowest BCUT2D eigenvalue weighted by molar-refractivity contribution is -0.112. The van der Waals surface area contributed by atoms with Crippen molar-refractivity contribution >= 4 is 40.0 Å². The molecule has 1 N–H and O–H groups in total. The average Bonchev–Trinajstić information content (AvgIpc) is 2.46. The smallest absolute Gasteiger partial charge is 0.268 e. The fraction of sp³-hybridized carbons (Fsp3) is 0.111. The third kappa shape index (κ3) is 2.84. The lowest BCUT2D eigenvalue weighted by Crippen LogP contribution is -2.09. The van der Waals surface area contributed by atoms with Crippen molar-refractivity contribution in [2.45, 2.75) is 0 Å². The Hall–Kier alpha value is -1.26. The van der Waals surface area contributed by atoms with Crippen LogP contribution in [0.5, 0.6) is 0 Å². The zero-order valence-electron chi connectivity index (χ0n) is 7.88. The molecule has 0 aliphatic rings. The summed E-state index contributed by atoms with van der Waals surface area (Å²) >= 11 is 10.7. The van der Waals surface area contributed by atoms with Crippen molar-refractivity contribution in [1.82, 2.24) is 4.57 Å². The Kier molecular flexibility index (Phi) is 3.55. The number of carbonyl (C=O) groups is 2. The number of nitrogens with one attached hydrogen (secondary N) is 1. The number of halogens is 2. The van der Waals surface area contributed by atoms with Crippen LogP contribution in [0.4, 0.5) is 5.69 Å². The molecule has 1 amide bonds. The maximum Gasteiger partial charge on any atom is 0.268 e. The number of anilines is 1. The minimum Gasteiger partial charge on any atom is -0.345 e. The van der Waals surface area contributed by atoms with Crippen molar-refractivity contribution < 1.29 is 9.59 Å². The molecular formula is C9H8Cl2N2O2. The number of amides is 1. The highest BCUT2D eigenvalue weighted by atomic mass is 35.5. The van der Waals surface area contributed by atoms with Gasteiger partial charge in [0.15, 0.2) is 0 Å². The van der Waals surface area contributed by atoms with E-state index >= 15 is 0 Å². The van der Waals surface area contributed by atoms with Gasteiger partial charge in [-0.15, -0.1) is 0 Å². The van der Waals surface area contributed by atoms with Crippen LogP contribution in [0, 0.1) is 0 Å². The molecule has 1 rings (SSSR count). The van der Waals surface area contributed by atoms with Gasteiger partial charge in [-0.05, 0) is 17.7 Å². The van der Waals surface area contributed by atoms with Gasteiger partial charge in [-0.3, -0.25) is 9.59 Å². The number of hydrogen-bond donors (Lipinski definition) is 1. The van der Waals surface area contributed by atoms with Crippen molar-refractivity contribution in [1.29, 1.82) is 0 Å². The van der Waals surface area contributed by atoms with Crippen molar-refractivity contribution in [3.63, 3.8) is 0 Å². The lowest BCUT2D eigenvalue weighted by Gasteiger charge is -1.98. The van der Waals surface area contributed by atoms with Crippen molar-refractivity contribution in [2.75, 3.05) is 5.32 Å². The van der Waals surface area contributed by atoms with Crippen LogP contribution >= 0.6 is 23.2 Å². The summed E-state index contributed by atoms with van der Waals surface area (Å²) in [5, 5.41) is 1.73. The summed E-state index contributed by atoms with van der Waals surface area (Å²) in [6.45, 7) is 3.27.